The summed E-state index contributed by atoms with van der Waals surface area (Å²) in [6.45, 7) is -0.535. The van der Waals surface area contributed by atoms with E-state index < -0.39 is 12.2 Å². The monoisotopic (exact) mass is 231 g/mol. The molecule has 0 radical (unpaired) electrons. The molecule has 1 fully saturated rings. The summed E-state index contributed by atoms with van der Waals surface area (Å²) < 4.78 is 4.89. The van der Waals surface area contributed by atoms with Gasteiger partial charge in [0.15, 0.2) is 0 Å². The summed E-state index contributed by atoms with van der Waals surface area (Å²) in [4.78, 5) is 13.2. The zero-order valence-corrected chi connectivity index (χ0v) is 9.76. The van der Waals surface area contributed by atoms with Gasteiger partial charge in [-0.2, -0.15) is 0 Å². The van der Waals surface area contributed by atoms with E-state index in [9.17, 15) is 4.79 Å². The first-order valence-electron chi connectivity index (χ1n) is 5.83. The van der Waals surface area contributed by atoms with Crippen molar-refractivity contribution in [3.05, 3.63) is 0 Å². The Morgan fingerprint density at radius 2 is 2.06 bits per heavy atom. The number of amides is 1. The van der Waals surface area contributed by atoms with Crippen LogP contribution < -0.4 is 0 Å². The van der Waals surface area contributed by atoms with Gasteiger partial charge >= 0.3 is 6.09 Å². The number of aliphatic hydroxyl groups is 2. The summed E-state index contributed by atoms with van der Waals surface area (Å²) in [5, 5.41) is 17.6. The van der Waals surface area contributed by atoms with Crippen LogP contribution in [-0.4, -0.2) is 53.6 Å². The van der Waals surface area contributed by atoms with Gasteiger partial charge in [-0.1, -0.05) is 19.3 Å². The molecule has 5 nitrogen and oxygen atoms in total. The van der Waals surface area contributed by atoms with Crippen LogP contribution in [0.5, 0.6) is 0 Å². The second-order valence-electron chi connectivity index (χ2n) is 4.32. The molecule has 0 aromatic carbocycles. The number of aliphatic hydroxyl groups excluding tert-OH is 2. The predicted molar refractivity (Wildman–Crippen MR) is 59.1 cm³/mol. The molecule has 0 heterocycles. The third kappa shape index (κ3) is 3.98. The number of carbonyl (C=O) groups excluding carboxylic acids is 1. The molecule has 94 valence electrons. The molecular weight excluding hydrogens is 210 g/mol. The minimum Gasteiger partial charge on any atom is -0.447 e. The van der Waals surface area contributed by atoms with Crippen LogP contribution in [0.15, 0.2) is 0 Å². The highest BCUT2D eigenvalue weighted by atomic mass is 16.6. The molecule has 1 aliphatic carbocycles. The van der Waals surface area contributed by atoms with Gasteiger partial charge in [0.25, 0.3) is 0 Å². The molecule has 1 rings (SSSR count). The minimum absolute atomic E-state index is 0.146. The zero-order chi connectivity index (χ0) is 12.0. The number of nitrogens with zero attached hydrogens (tertiary/aromatic N) is 1. The first-order valence-corrected chi connectivity index (χ1v) is 5.83. The number of carbonyl (C=O) groups is 1. The maximum absolute atomic E-state index is 11.6. The van der Waals surface area contributed by atoms with Gasteiger partial charge in [0.1, 0.15) is 12.7 Å². The average molecular weight is 231 g/mol. The Balaban J connectivity index is 2.29. The molecule has 1 aliphatic rings. The van der Waals surface area contributed by atoms with E-state index >= 15 is 0 Å². The smallest absolute Gasteiger partial charge is 0.409 e. The van der Waals surface area contributed by atoms with E-state index in [4.69, 9.17) is 14.9 Å². The summed E-state index contributed by atoms with van der Waals surface area (Å²) in [5.41, 5.74) is 0. The van der Waals surface area contributed by atoms with E-state index in [0.717, 1.165) is 25.7 Å². The maximum atomic E-state index is 11.6. The Morgan fingerprint density at radius 1 is 1.44 bits per heavy atom. The molecule has 5 heteroatoms. The average Bonchev–Trinajstić information content (AvgIpc) is 2.35. The van der Waals surface area contributed by atoms with Crippen LogP contribution in [0.3, 0.4) is 0 Å². The molecule has 0 aliphatic heterocycles. The van der Waals surface area contributed by atoms with Crippen molar-refractivity contribution in [1.29, 1.82) is 0 Å². The Morgan fingerprint density at radius 3 is 2.62 bits per heavy atom. The van der Waals surface area contributed by atoms with Crippen molar-refractivity contribution in [3.63, 3.8) is 0 Å². The standard InChI is InChI=1S/C11H21NO4/c1-12(9-5-3-2-4-6-9)11(15)16-8-10(14)7-13/h9-10,13-14H,2-8H2,1H3. The molecule has 2 N–H and O–H groups in total. The van der Waals surface area contributed by atoms with Crippen LogP contribution in [0.1, 0.15) is 32.1 Å². The van der Waals surface area contributed by atoms with Crippen LogP contribution >= 0.6 is 0 Å². The molecule has 0 aromatic rings. The molecular formula is C11H21NO4. The van der Waals surface area contributed by atoms with Crippen LogP contribution in [-0.2, 0) is 4.74 Å². The van der Waals surface area contributed by atoms with Gasteiger partial charge in [-0.05, 0) is 12.8 Å². The third-order valence-electron chi connectivity index (χ3n) is 3.02. The number of rotatable bonds is 4. The topological polar surface area (TPSA) is 70.0 Å². The van der Waals surface area contributed by atoms with Gasteiger partial charge in [-0.15, -0.1) is 0 Å². The molecule has 0 bridgehead atoms. The van der Waals surface area contributed by atoms with E-state index in [2.05, 4.69) is 0 Å². The normalized spacial score (nSPS) is 19.2. The highest BCUT2D eigenvalue weighted by Gasteiger charge is 2.23. The summed E-state index contributed by atoms with van der Waals surface area (Å²) in [6.07, 6.45) is 4.19. The van der Waals surface area contributed by atoms with Crippen molar-refractivity contribution in [2.45, 2.75) is 44.2 Å². The van der Waals surface area contributed by atoms with Crippen molar-refractivity contribution in [2.75, 3.05) is 20.3 Å². The highest BCUT2D eigenvalue weighted by molar-refractivity contribution is 5.67. The predicted octanol–water partition coefficient (Wildman–Crippen LogP) is 0.741. The van der Waals surface area contributed by atoms with Crippen LogP contribution in [0, 0.1) is 0 Å². The van der Waals surface area contributed by atoms with Crippen molar-refractivity contribution in [1.82, 2.24) is 4.90 Å². The van der Waals surface area contributed by atoms with E-state index in [-0.39, 0.29) is 19.3 Å². The first-order chi connectivity index (χ1) is 7.65. The van der Waals surface area contributed by atoms with Crippen LogP contribution in [0.4, 0.5) is 4.79 Å². The first kappa shape index (κ1) is 13.3. The molecule has 0 saturated heterocycles. The van der Waals surface area contributed by atoms with Crippen LogP contribution in [0.25, 0.3) is 0 Å². The Labute approximate surface area is 96.0 Å². The van der Waals surface area contributed by atoms with Gasteiger partial charge in [-0.3, -0.25) is 0 Å². The second-order valence-corrected chi connectivity index (χ2v) is 4.32. The quantitative estimate of drug-likeness (QED) is 0.748. The molecule has 1 atom stereocenters. The fraction of sp³-hybridized carbons (Fsp3) is 0.909. The zero-order valence-electron chi connectivity index (χ0n) is 9.76. The van der Waals surface area contributed by atoms with Crippen molar-refractivity contribution < 1.29 is 19.7 Å². The van der Waals surface area contributed by atoms with Crippen molar-refractivity contribution in [2.24, 2.45) is 0 Å². The summed E-state index contributed by atoms with van der Waals surface area (Å²) in [6, 6.07) is 0.257. The highest BCUT2D eigenvalue weighted by Crippen LogP contribution is 2.21. The largest absolute Gasteiger partial charge is 0.447 e. The lowest BCUT2D eigenvalue weighted by atomic mass is 9.95. The van der Waals surface area contributed by atoms with E-state index in [1.54, 1.807) is 11.9 Å². The lowest BCUT2D eigenvalue weighted by Crippen LogP contribution is -2.39. The summed E-state index contributed by atoms with van der Waals surface area (Å²) >= 11 is 0. The Hall–Kier alpha value is -0.810. The van der Waals surface area contributed by atoms with E-state index in [0.29, 0.717) is 0 Å². The Kier molecular flexibility index (Phi) is 5.55. The molecule has 1 amide bonds. The van der Waals surface area contributed by atoms with Gasteiger partial charge in [0.2, 0.25) is 0 Å². The maximum Gasteiger partial charge on any atom is 0.409 e. The Bertz CT molecular complexity index is 216. The second kappa shape index (κ2) is 6.70. The minimum atomic E-state index is -0.983. The molecule has 1 saturated carbocycles. The van der Waals surface area contributed by atoms with Gasteiger partial charge < -0.3 is 19.8 Å². The van der Waals surface area contributed by atoms with Gasteiger partial charge in [-0.25, -0.2) is 4.79 Å². The van der Waals surface area contributed by atoms with Gasteiger partial charge in [0, 0.05) is 13.1 Å². The van der Waals surface area contributed by atoms with Crippen molar-refractivity contribution in [3.8, 4) is 0 Å². The summed E-state index contributed by atoms with van der Waals surface area (Å²) in [5.74, 6) is 0. The third-order valence-corrected chi connectivity index (χ3v) is 3.02. The van der Waals surface area contributed by atoms with E-state index in [1.165, 1.54) is 6.42 Å². The number of hydrogen-bond acceptors (Lipinski definition) is 4. The number of ether oxygens (including phenoxy) is 1. The fourth-order valence-corrected chi connectivity index (χ4v) is 1.94. The number of hydrogen-bond donors (Lipinski definition) is 2. The molecule has 16 heavy (non-hydrogen) atoms. The lowest BCUT2D eigenvalue weighted by molar-refractivity contribution is 0.0168. The molecule has 1 unspecified atom stereocenters. The molecule has 0 aromatic heterocycles. The van der Waals surface area contributed by atoms with E-state index in [1.807, 2.05) is 0 Å². The summed E-state index contributed by atoms with van der Waals surface area (Å²) in [7, 11) is 1.73. The SMILES string of the molecule is CN(C(=O)OCC(O)CO)C1CCCCC1. The van der Waals surface area contributed by atoms with Crippen LogP contribution in [0.2, 0.25) is 0 Å². The lowest BCUT2D eigenvalue weighted by Gasteiger charge is -2.30. The van der Waals surface area contributed by atoms with Crippen molar-refractivity contribution >= 4 is 6.09 Å². The van der Waals surface area contributed by atoms with Gasteiger partial charge in [0.05, 0.1) is 6.61 Å². The fourth-order valence-electron chi connectivity index (χ4n) is 1.94. The molecule has 0 spiro atoms.